The molecule has 1 aromatic heterocycles. The monoisotopic (exact) mass is 393 g/mol. The highest BCUT2D eigenvalue weighted by Gasteiger charge is 2.27. The summed E-state index contributed by atoms with van der Waals surface area (Å²) in [4.78, 5) is 21.1. The summed E-state index contributed by atoms with van der Waals surface area (Å²) in [5, 5.41) is 7.75. The van der Waals surface area contributed by atoms with Crippen LogP contribution in [0.3, 0.4) is 0 Å². The molecular weight excluding hydrogens is 369 g/mol. The minimum Gasteiger partial charge on any atom is -0.366 e. The largest absolute Gasteiger partial charge is 0.366 e. The third kappa shape index (κ3) is 3.91. The van der Waals surface area contributed by atoms with Gasteiger partial charge in [0.2, 0.25) is 0 Å². The number of primary amides is 1. The topological polar surface area (TPSA) is 92.9 Å². The van der Waals surface area contributed by atoms with Crippen LogP contribution in [0.5, 0.6) is 0 Å². The average Bonchev–Trinajstić information content (AvgIpc) is 2.74. The number of amides is 1. The molecule has 2 aromatic carbocycles. The van der Waals surface area contributed by atoms with Crippen LogP contribution in [0.1, 0.15) is 41.0 Å². The van der Waals surface area contributed by atoms with Crippen LogP contribution in [0.15, 0.2) is 42.5 Å². The number of hydrogen-bond donors (Lipinski definition) is 3. The predicted octanol–water partition coefficient (Wildman–Crippen LogP) is 2.99. The molecule has 1 amide bonds. The van der Waals surface area contributed by atoms with Gasteiger partial charge in [0, 0.05) is 30.3 Å². The first-order chi connectivity index (χ1) is 14.1. The molecule has 1 fully saturated rings. The van der Waals surface area contributed by atoms with Crippen LogP contribution < -0.4 is 16.4 Å². The molecule has 3 aromatic rings. The number of aryl methyl sites for hydroxylation is 1. The normalized spacial score (nSPS) is 19.2. The molecule has 6 nitrogen and oxygen atoms in total. The third-order valence-corrected chi connectivity index (χ3v) is 5.46. The maximum Gasteiger partial charge on any atom is 0.250 e. The third-order valence-electron chi connectivity index (χ3n) is 5.46. The zero-order valence-corrected chi connectivity index (χ0v) is 16.3. The molecule has 2 atom stereocenters. The minimum absolute atomic E-state index is 0.0641. The van der Waals surface area contributed by atoms with Crippen LogP contribution in [0.4, 0.5) is 10.2 Å². The molecule has 2 heterocycles. The van der Waals surface area contributed by atoms with Gasteiger partial charge in [-0.25, -0.2) is 14.4 Å². The zero-order valence-electron chi connectivity index (χ0n) is 16.3. The lowest BCUT2D eigenvalue weighted by Crippen LogP contribution is -2.44. The Balaban J connectivity index is 1.74. The van der Waals surface area contributed by atoms with E-state index in [4.69, 9.17) is 10.7 Å². The second kappa shape index (κ2) is 8.13. The summed E-state index contributed by atoms with van der Waals surface area (Å²) in [5.74, 6) is 0.809. The number of fused-ring (bicyclic) bond motifs is 1. The van der Waals surface area contributed by atoms with Gasteiger partial charge in [0.15, 0.2) is 0 Å². The smallest absolute Gasteiger partial charge is 0.250 e. The lowest BCUT2D eigenvalue weighted by Gasteiger charge is -2.34. The first-order valence-electron chi connectivity index (χ1n) is 9.89. The number of aromatic nitrogens is 2. The van der Waals surface area contributed by atoms with Gasteiger partial charge in [-0.15, -0.1) is 0 Å². The van der Waals surface area contributed by atoms with E-state index in [-0.39, 0.29) is 17.8 Å². The number of nitrogens with zero attached hydrogens (tertiary/aromatic N) is 2. The first kappa shape index (κ1) is 19.3. The van der Waals surface area contributed by atoms with Crippen molar-refractivity contribution >= 4 is 22.6 Å². The molecule has 0 spiro atoms. The van der Waals surface area contributed by atoms with E-state index in [1.807, 2.05) is 25.1 Å². The molecule has 0 saturated carbocycles. The number of rotatable bonds is 5. The number of anilines is 1. The molecule has 29 heavy (non-hydrogen) atoms. The fourth-order valence-corrected chi connectivity index (χ4v) is 3.96. The molecule has 7 heteroatoms. The van der Waals surface area contributed by atoms with Gasteiger partial charge in [0.25, 0.3) is 5.91 Å². The summed E-state index contributed by atoms with van der Waals surface area (Å²) in [6, 6.07) is 12.1. The van der Waals surface area contributed by atoms with E-state index in [0.29, 0.717) is 29.1 Å². The van der Waals surface area contributed by atoms with Crippen LogP contribution in [-0.2, 0) is 6.42 Å². The average molecular weight is 393 g/mol. The lowest BCUT2D eigenvalue weighted by atomic mass is 9.86. The van der Waals surface area contributed by atoms with Crippen molar-refractivity contribution in [3.8, 4) is 0 Å². The van der Waals surface area contributed by atoms with E-state index in [1.54, 1.807) is 12.1 Å². The van der Waals surface area contributed by atoms with Crippen molar-refractivity contribution in [2.24, 2.45) is 5.73 Å². The van der Waals surface area contributed by atoms with Crippen molar-refractivity contribution in [3.63, 3.8) is 0 Å². The molecule has 0 aliphatic carbocycles. The van der Waals surface area contributed by atoms with Gasteiger partial charge in [-0.2, -0.15) is 0 Å². The Bertz CT molecular complexity index is 1040. The SMILES string of the molecule is CCc1nc(NC2CNCC[C@@H]2c2ccc(F)cc2)c2cccc(C(N)=O)c2n1. The molecule has 1 unspecified atom stereocenters. The molecule has 0 bridgehead atoms. The fourth-order valence-electron chi connectivity index (χ4n) is 3.96. The quantitative estimate of drug-likeness (QED) is 0.620. The van der Waals surface area contributed by atoms with Crippen molar-refractivity contribution in [2.45, 2.75) is 31.7 Å². The van der Waals surface area contributed by atoms with Crippen molar-refractivity contribution < 1.29 is 9.18 Å². The van der Waals surface area contributed by atoms with Crippen molar-refractivity contribution in [2.75, 3.05) is 18.4 Å². The number of halogens is 1. The fraction of sp³-hybridized carbons (Fsp3) is 0.318. The minimum atomic E-state index is -0.508. The van der Waals surface area contributed by atoms with E-state index < -0.39 is 5.91 Å². The summed E-state index contributed by atoms with van der Waals surface area (Å²) in [6.45, 7) is 3.63. The van der Waals surface area contributed by atoms with Gasteiger partial charge in [0.05, 0.1) is 11.1 Å². The molecular formula is C22H24FN5O. The first-order valence-corrected chi connectivity index (χ1v) is 9.89. The van der Waals surface area contributed by atoms with Gasteiger partial charge in [-0.3, -0.25) is 4.79 Å². The number of nitrogens with two attached hydrogens (primary N) is 1. The van der Waals surface area contributed by atoms with E-state index >= 15 is 0 Å². The highest BCUT2D eigenvalue weighted by atomic mass is 19.1. The Hall–Kier alpha value is -3.06. The summed E-state index contributed by atoms with van der Waals surface area (Å²) in [5.41, 5.74) is 7.60. The standard InChI is InChI=1S/C22H24FN5O/c1-2-19-27-20-16(21(24)29)4-3-5-17(20)22(28-19)26-18-12-25-11-10-15(18)13-6-8-14(23)9-7-13/h3-9,15,18,25H,2,10-12H2,1H3,(H2,24,29)(H,26,27,28)/t15-,18?/m1/s1. The Kier molecular flexibility index (Phi) is 5.40. The Labute approximate surface area is 168 Å². The Morgan fingerprint density at radius 3 is 2.76 bits per heavy atom. The van der Waals surface area contributed by atoms with Crippen molar-refractivity contribution in [3.05, 3.63) is 65.2 Å². The number of carbonyl (C=O) groups excluding carboxylic acids is 1. The second-order valence-corrected chi connectivity index (χ2v) is 7.31. The van der Waals surface area contributed by atoms with Gasteiger partial charge >= 0.3 is 0 Å². The van der Waals surface area contributed by atoms with Gasteiger partial charge in [-0.05, 0) is 42.8 Å². The van der Waals surface area contributed by atoms with Crippen LogP contribution in [0.2, 0.25) is 0 Å². The van der Waals surface area contributed by atoms with E-state index in [9.17, 15) is 9.18 Å². The van der Waals surface area contributed by atoms with Crippen molar-refractivity contribution in [1.29, 1.82) is 0 Å². The maximum atomic E-state index is 13.4. The lowest BCUT2D eigenvalue weighted by molar-refractivity contribution is 0.100. The molecule has 150 valence electrons. The zero-order chi connectivity index (χ0) is 20.4. The Morgan fingerprint density at radius 2 is 2.03 bits per heavy atom. The Morgan fingerprint density at radius 1 is 1.24 bits per heavy atom. The molecule has 0 radical (unpaired) electrons. The van der Waals surface area contributed by atoms with Crippen molar-refractivity contribution in [1.82, 2.24) is 15.3 Å². The number of nitrogens with one attached hydrogen (secondary N) is 2. The van der Waals surface area contributed by atoms with Gasteiger partial charge in [-0.1, -0.05) is 25.1 Å². The molecule has 1 aliphatic rings. The van der Waals surface area contributed by atoms with Gasteiger partial charge < -0.3 is 16.4 Å². The van der Waals surface area contributed by atoms with E-state index in [0.717, 1.165) is 30.5 Å². The summed E-state index contributed by atoms with van der Waals surface area (Å²) in [6.07, 6.45) is 1.57. The maximum absolute atomic E-state index is 13.4. The van der Waals surface area contributed by atoms with Crippen LogP contribution in [-0.4, -0.2) is 35.0 Å². The van der Waals surface area contributed by atoms with Crippen LogP contribution >= 0.6 is 0 Å². The van der Waals surface area contributed by atoms with Crippen LogP contribution in [0, 0.1) is 5.82 Å². The summed E-state index contributed by atoms with van der Waals surface area (Å²) >= 11 is 0. The van der Waals surface area contributed by atoms with Crippen LogP contribution in [0.25, 0.3) is 10.9 Å². The van der Waals surface area contributed by atoms with Gasteiger partial charge in [0.1, 0.15) is 17.5 Å². The highest BCUT2D eigenvalue weighted by molar-refractivity contribution is 6.07. The predicted molar refractivity (Wildman–Crippen MR) is 111 cm³/mol. The van der Waals surface area contributed by atoms with E-state index in [1.165, 1.54) is 12.1 Å². The molecule has 1 saturated heterocycles. The summed E-state index contributed by atoms with van der Waals surface area (Å²) < 4.78 is 13.4. The number of hydrogen-bond acceptors (Lipinski definition) is 5. The number of benzene rings is 2. The van der Waals surface area contributed by atoms with E-state index in [2.05, 4.69) is 15.6 Å². The molecule has 4 rings (SSSR count). The number of carbonyl (C=O) groups is 1. The molecule has 4 N–H and O–H groups in total. The highest BCUT2D eigenvalue weighted by Crippen LogP contribution is 2.30. The number of para-hydroxylation sites is 1. The summed E-state index contributed by atoms with van der Waals surface area (Å²) in [7, 11) is 0. The molecule has 1 aliphatic heterocycles. The number of piperidine rings is 1. The second-order valence-electron chi connectivity index (χ2n) is 7.31.